The highest BCUT2D eigenvalue weighted by Crippen LogP contribution is 2.21. The molecule has 1 atom stereocenters. The Morgan fingerprint density at radius 1 is 1.22 bits per heavy atom. The zero-order valence-corrected chi connectivity index (χ0v) is 11.8. The molecule has 2 aliphatic rings. The summed E-state index contributed by atoms with van der Waals surface area (Å²) in [6.07, 6.45) is 5.60. The van der Waals surface area contributed by atoms with Crippen molar-refractivity contribution in [2.45, 2.75) is 57.5 Å². The standard InChI is InChI=1S/C14H27N3O/c1-14(2,15)10-13(18)17-9-6-12(11-17)16-7-4-3-5-8-16/h12H,3-11,15H2,1-2H3. The van der Waals surface area contributed by atoms with Crippen molar-refractivity contribution in [3.05, 3.63) is 0 Å². The highest BCUT2D eigenvalue weighted by atomic mass is 16.2. The van der Waals surface area contributed by atoms with Gasteiger partial charge in [0.05, 0.1) is 0 Å². The van der Waals surface area contributed by atoms with Gasteiger partial charge in [0.1, 0.15) is 0 Å². The van der Waals surface area contributed by atoms with Crippen molar-refractivity contribution < 1.29 is 4.79 Å². The van der Waals surface area contributed by atoms with Crippen molar-refractivity contribution in [3.63, 3.8) is 0 Å². The number of carbonyl (C=O) groups is 1. The lowest BCUT2D eigenvalue weighted by molar-refractivity contribution is -0.131. The zero-order valence-electron chi connectivity index (χ0n) is 11.8. The maximum atomic E-state index is 12.1. The van der Waals surface area contributed by atoms with Crippen LogP contribution in [-0.2, 0) is 4.79 Å². The average molecular weight is 253 g/mol. The molecule has 0 spiro atoms. The van der Waals surface area contributed by atoms with Crippen LogP contribution in [0.1, 0.15) is 46.0 Å². The molecule has 18 heavy (non-hydrogen) atoms. The molecule has 0 aromatic carbocycles. The molecule has 104 valence electrons. The van der Waals surface area contributed by atoms with E-state index in [-0.39, 0.29) is 11.4 Å². The third kappa shape index (κ3) is 3.69. The van der Waals surface area contributed by atoms with E-state index in [1.54, 1.807) is 0 Å². The van der Waals surface area contributed by atoms with Crippen molar-refractivity contribution >= 4 is 5.91 Å². The fourth-order valence-corrected chi connectivity index (χ4v) is 3.05. The molecule has 2 aliphatic heterocycles. The van der Waals surface area contributed by atoms with Crippen LogP contribution in [0.4, 0.5) is 0 Å². The van der Waals surface area contributed by atoms with Crippen LogP contribution in [0.15, 0.2) is 0 Å². The average Bonchev–Trinajstić information content (AvgIpc) is 2.77. The lowest BCUT2D eigenvalue weighted by atomic mass is 10.0. The summed E-state index contributed by atoms with van der Waals surface area (Å²) in [6.45, 7) is 8.10. The summed E-state index contributed by atoms with van der Waals surface area (Å²) in [5, 5.41) is 0. The van der Waals surface area contributed by atoms with Crippen molar-refractivity contribution in [1.29, 1.82) is 0 Å². The number of hydrogen-bond acceptors (Lipinski definition) is 3. The number of likely N-dealkylation sites (tertiary alicyclic amines) is 2. The van der Waals surface area contributed by atoms with Crippen LogP contribution in [0.3, 0.4) is 0 Å². The molecule has 4 nitrogen and oxygen atoms in total. The molecule has 2 fully saturated rings. The molecule has 2 saturated heterocycles. The summed E-state index contributed by atoms with van der Waals surface area (Å²) in [5.41, 5.74) is 5.53. The quantitative estimate of drug-likeness (QED) is 0.822. The van der Waals surface area contributed by atoms with Gasteiger partial charge in [0, 0.05) is 31.1 Å². The smallest absolute Gasteiger partial charge is 0.224 e. The minimum Gasteiger partial charge on any atom is -0.341 e. The van der Waals surface area contributed by atoms with E-state index >= 15 is 0 Å². The number of rotatable bonds is 3. The van der Waals surface area contributed by atoms with Crippen molar-refractivity contribution in [1.82, 2.24) is 9.80 Å². The molecule has 0 radical (unpaired) electrons. The minimum atomic E-state index is -0.389. The largest absolute Gasteiger partial charge is 0.341 e. The highest BCUT2D eigenvalue weighted by Gasteiger charge is 2.32. The third-order valence-corrected chi connectivity index (χ3v) is 4.03. The second-order valence-corrected chi connectivity index (χ2v) is 6.54. The van der Waals surface area contributed by atoms with Crippen molar-refractivity contribution in [2.75, 3.05) is 26.2 Å². The van der Waals surface area contributed by atoms with Gasteiger partial charge in [-0.25, -0.2) is 0 Å². The maximum absolute atomic E-state index is 12.1. The van der Waals surface area contributed by atoms with Crippen molar-refractivity contribution in [3.8, 4) is 0 Å². The van der Waals surface area contributed by atoms with Gasteiger partial charge in [-0.05, 0) is 46.2 Å². The van der Waals surface area contributed by atoms with E-state index in [1.807, 2.05) is 18.7 Å². The lowest BCUT2D eigenvalue weighted by Crippen LogP contribution is -2.43. The van der Waals surface area contributed by atoms with Crippen LogP contribution >= 0.6 is 0 Å². The van der Waals surface area contributed by atoms with Gasteiger partial charge in [-0.15, -0.1) is 0 Å². The normalized spacial score (nSPS) is 26.6. The molecule has 0 aliphatic carbocycles. The van der Waals surface area contributed by atoms with E-state index in [1.165, 1.54) is 32.4 Å². The number of piperidine rings is 1. The first-order valence-corrected chi connectivity index (χ1v) is 7.26. The molecule has 0 saturated carbocycles. The van der Waals surface area contributed by atoms with Gasteiger partial charge < -0.3 is 10.6 Å². The van der Waals surface area contributed by atoms with Gasteiger partial charge >= 0.3 is 0 Å². The number of nitrogens with two attached hydrogens (primary N) is 1. The Morgan fingerprint density at radius 2 is 1.89 bits per heavy atom. The first kappa shape index (κ1) is 13.8. The monoisotopic (exact) mass is 253 g/mol. The first-order chi connectivity index (χ1) is 8.46. The SMILES string of the molecule is CC(C)(N)CC(=O)N1CCC(N2CCCCC2)C1. The molecular formula is C14H27N3O. The van der Waals surface area contributed by atoms with Gasteiger partial charge in [0.2, 0.25) is 5.91 Å². The summed E-state index contributed by atoms with van der Waals surface area (Å²) in [7, 11) is 0. The van der Waals surface area contributed by atoms with Gasteiger partial charge in [-0.3, -0.25) is 9.69 Å². The Hall–Kier alpha value is -0.610. The summed E-state index contributed by atoms with van der Waals surface area (Å²) in [4.78, 5) is 16.7. The highest BCUT2D eigenvalue weighted by molar-refractivity contribution is 5.77. The van der Waals surface area contributed by atoms with Crippen LogP contribution in [-0.4, -0.2) is 53.5 Å². The van der Waals surface area contributed by atoms with Crippen molar-refractivity contribution in [2.24, 2.45) is 5.73 Å². The Bertz CT molecular complexity index is 292. The summed E-state index contributed by atoms with van der Waals surface area (Å²) in [6, 6.07) is 0.593. The topological polar surface area (TPSA) is 49.6 Å². The van der Waals surface area contributed by atoms with E-state index in [0.29, 0.717) is 12.5 Å². The summed E-state index contributed by atoms with van der Waals surface area (Å²) >= 11 is 0. The Kier molecular flexibility index (Phi) is 4.28. The molecule has 0 bridgehead atoms. The number of amides is 1. The second-order valence-electron chi connectivity index (χ2n) is 6.54. The van der Waals surface area contributed by atoms with E-state index in [4.69, 9.17) is 5.73 Å². The molecule has 1 unspecified atom stereocenters. The predicted octanol–water partition coefficient (Wildman–Crippen LogP) is 1.20. The minimum absolute atomic E-state index is 0.224. The van der Waals surface area contributed by atoms with Gasteiger partial charge in [-0.1, -0.05) is 6.42 Å². The van der Waals surface area contributed by atoms with Crippen LogP contribution < -0.4 is 5.73 Å². The fourth-order valence-electron chi connectivity index (χ4n) is 3.05. The van der Waals surface area contributed by atoms with Gasteiger partial charge in [0.25, 0.3) is 0 Å². The van der Waals surface area contributed by atoms with E-state index < -0.39 is 0 Å². The van der Waals surface area contributed by atoms with Crippen LogP contribution in [0.5, 0.6) is 0 Å². The van der Waals surface area contributed by atoms with Crippen LogP contribution in [0.2, 0.25) is 0 Å². The second kappa shape index (κ2) is 5.57. The summed E-state index contributed by atoms with van der Waals surface area (Å²) in [5.74, 6) is 0.224. The molecule has 0 aromatic rings. The van der Waals surface area contributed by atoms with Gasteiger partial charge in [0.15, 0.2) is 0 Å². The molecule has 1 amide bonds. The molecule has 4 heteroatoms. The fraction of sp³-hybridized carbons (Fsp3) is 0.929. The number of nitrogens with zero attached hydrogens (tertiary/aromatic N) is 2. The van der Waals surface area contributed by atoms with Gasteiger partial charge in [-0.2, -0.15) is 0 Å². The Labute approximate surface area is 110 Å². The number of carbonyl (C=O) groups excluding carboxylic acids is 1. The van der Waals surface area contributed by atoms with E-state index in [2.05, 4.69) is 4.90 Å². The summed E-state index contributed by atoms with van der Waals surface area (Å²) < 4.78 is 0. The third-order valence-electron chi connectivity index (χ3n) is 4.03. The Balaban J connectivity index is 1.82. The molecular weight excluding hydrogens is 226 g/mol. The maximum Gasteiger partial charge on any atom is 0.224 e. The molecule has 2 heterocycles. The van der Waals surface area contributed by atoms with Crippen LogP contribution in [0, 0.1) is 0 Å². The molecule has 0 aromatic heterocycles. The predicted molar refractivity (Wildman–Crippen MR) is 73.3 cm³/mol. The Morgan fingerprint density at radius 3 is 2.50 bits per heavy atom. The lowest BCUT2D eigenvalue weighted by Gasteiger charge is -2.32. The van der Waals surface area contributed by atoms with Crippen LogP contribution in [0.25, 0.3) is 0 Å². The zero-order chi connectivity index (χ0) is 13.2. The first-order valence-electron chi connectivity index (χ1n) is 7.26. The molecule has 2 N–H and O–H groups in total. The molecule has 2 rings (SSSR count). The number of hydrogen-bond donors (Lipinski definition) is 1. The van der Waals surface area contributed by atoms with E-state index in [9.17, 15) is 4.79 Å². The van der Waals surface area contributed by atoms with E-state index in [0.717, 1.165) is 19.5 Å².